The summed E-state index contributed by atoms with van der Waals surface area (Å²) in [5, 5.41) is 2.70. The first-order chi connectivity index (χ1) is 47.9. The number of ketones is 9. The van der Waals surface area contributed by atoms with E-state index in [4.69, 9.17) is 91.7 Å². The fourth-order valence-electron chi connectivity index (χ4n) is 11.5. The summed E-state index contributed by atoms with van der Waals surface area (Å²) < 4.78 is 0. The van der Waals surface area contributed by atoms with Crippen molar-refractivity contribution in [3.63, 3.8) is 0 Å². The van der Waals surface area contributed by atoms with Crippen LogP contribution in [0.3, 0.4) is 0 Å². The predicted octanol–water partition coefficient (Wildman–Crippen LogP) is -0.958. The molecule has 0 saturated carbocycles. The number of Topliss-reactive ketones (excluding diaryl/α,β-unsaturated/α-hetero) is 9. The van der Waals surface area contributed by atoms with E-state index in [-0.39, 0.29) is 234 Å². The lowest BCUT2D eigenvalue weighted by Gasteiger charge is -2.24. The lowest BCUT2D eigenvalue weighted by Crippen LogP contribution is -2.36. The highest BCUT2D eigenvalue weighted by atomic mass is 16.2. The molecule has 0 aromatic rings. The van der Waals surface area contributed by atoms with Crippen LogP contribution < -0.4 is 97.1 Å². The zero-order chi connectivity index (χ0) is 77.9. The molecule has 0 rings (SSSR count). The molecule has 35 nitrogen and oxygen atoms in total. The third kappa shape index (κ3) is 49.2. The van der Waals surface area contributed by atoms with E-state index in [0.717, 1.165) is 0 Å². The zero-order valence-corrected chi connectivity index (χ0v) is 61.5. The summed E-state index contributed by atoms with van der Waals surface area (Å²) in [7, 11) is 0. The second-order valence-electron chi connectivity index (χ2n) is 26.4. The maximum Gasteiger partial charge on any atom is 0.223 e. The smallest absolute Gasteiger partial charge is 0.223 e. The van der Waals surface area contributed by atoms with Crippen LogP contribution in [0.2, 0.25) is 0 Å². The lowest BCUT2D eigenvalue weighted by atomic mass is 9.78. The number of nitrogens with two attached hydrogens (primary N) is 16. The average molecular weight is 1440 g/mol. The molecule has 33 N–H and O–H groups in total. The van der Waals surface area contributed by atoms with Crippen LogP contribution in [-0.2, 0) is 47.9 Å². The molecule has 102 heavy (non-hydrogen) atoms. The summed E-state index contributed by atoms with van der Waals surface area (Å²) in [4.78, 5) is 166. The van der Waals surface area contributed by atoms with E-state index in [1.54, 1.807) is 13.8 Å². The Hall–Kier alpha value is -9.34. The third-order valence-electron chi connectivity index (χ3n) is 16.8. The Bertz CT molecular complexity index is 2840. The number of nitrogens with zero attached hydrogens (tertiary/aromatic N) is 8. The van der Waals surface area contributed by atoms with Gasteiger partial charge in [0.1, 0.15) is 46.3 Å². The van der Waals surface area contributed by atoms with Crippen molar-refractivity contribution in [2.24, 2.45) is 191 Å². The maximum atomic E-state index is 14.6. The Balaban J connectivity index is 0. The van der Waals surface area contributed by atoms with Crippen molar-refractivity contribution >= 4 is 106 Å². The molecule has 35 heteroatoms. The van der Waals surface area contributed by atoms with Crippen LogP contribution >= 0.6 is 0 Å². The molecule has 0 aliphatic heterocycles. The topological polar surface area (TPSA) is 698 Å². The van der Waals surface area contributed by atoms with Gasteiger partial charge in [0.15, 0.2) is 53.5 Å². The zero-order valence-electron chi connectivity index (χ0n) is 61.5. The number of carbonyl (C=O) groups is 10. The predicted molar refractivity (Wildman–Crippen MR) is 403 cm³/mol. The fraction of sp³-hybridized carbons (Fsp3) is 0.731. The average Bonchev–Trinajstić information content (AvgIpc) is 0.860. The highest BCUT2D eigenvalue weighted by Gasteiger charge is 2.35. The van der Waals surface area contributed by atoms with Crippen LogP contribution in [0.15, 0.2) is 39.9 Å². The molecule has 580 valence electrons. The van der Waals surface area contributed by atoms with E-state index in [1.807, 2.05) is 20.8 Å². The van der Waals surface area contributed by atoms with Crippen molar-refractivity contribution in [1.82, 2.24) is 5.32 Å². The molecule has 0 fully saturated rings. The van der Waals surface area contributed by atoms with Crippen molar-refractivity contribution in [2.45, 2.75) is 196 Å². The number of amides is 1. The Labute approximate surface area is 602 Å². The summed E-state index contributed by atoms with van der Waals surface area (Å²) in [6.45, 7) is 12.4. The van der Waals surface area contributed by atoms with Crippen molar-refractivity contribution in [3.8, 4) is 0 Å². The van der Waals surface area contributed by atoms with Crippen LogP contribution in [-0.4, -0.2) is 165 Å². The molecule has 8 unspecified atom stereocenters. The number of guanidine groups is 8. The van der Waals surface area contributed by atoms with Crippen molar-refractivity contribution in [3.05, 3.63) is 0 Å². The van der Waals surface area contributed by atoms with E-state index >= 15 is 0 Å². The molecule has 0 heterocycles. The first-order valence-corrected chi connectivity index (χ1v) is 35.3. The minimum absolute atomic E-state index is 0.00398. The second kappa shape index (κ2) is 55.4. The molecular formula is C67H127N25O10. The molecule has 8 atom stereocenters. The highest BCUT2D eigenvalue weighted by Crippen LogP contribution is 2.31. The Kier molecular flexibility index (Phi) is 51.4. The van der Waals surface area contributed by atoms with Gasteiger partial charge in [0.25, 0.3) is 0 Å². The van der Waals surface area contributed by atoms with Crippen molar-refractivity contribution < 1.29 is 47.9 Å². The highest BCUT2D eigenvalue weighted by molar-refractivity contribution is 5.97. The third-order valence-corrected chi connectivity index (χ3v) is 16.8. The molecular weight excluding hydrogens is 1310 g/mol. The number of hydrogen-bond acceptors (Lipinski definition) is 18. The summed E-state index contributed by atoms with van der Waals surface area (Å²) in [5.74, 6) is -9.23. The molecule has 0 saturated heterocycles. The monoisotopic (exact) mass is 1440 g/mol. The minimum atomic E-state index is -0.929. The van der Waals surface area contributed by atoms with Crippen LogP contribution in [0, 0.1) is 59.2 Å². The van der Waals surface area contributed by atoms with Gasteiger partial charge in [0, 0.05) is 156 Å². The molecule has 0 aliphatic rings. The lowest BCUT2D eigenvalue weighted by molar-refractivity contribution is -0.136. The minimum Gasteiger partial charge on any atom is -0.370 e. The summed E-state index contributed by atoms with van der Waals surface area (Å²) in [5.41, 5.74) is 87.6. The quantitative estimate of drug-likeness (QED) is 0.0198. The Morgan fingerprint density at radius 1 is 0.284 bits per heavy atom. The van der Waals surface area contributed by atoms with Gasteiger partial charge < -0.3 is 102 Å². The van der Waals surface area contributed by atoms with Crippen LogP contribution in [0.1, 0.15) is 196 Å². The molecule has 0 aliphatic carbocycles. The normalized spacial score (nSPS) is 13.2. The molecule has 1 amide bonds. The van der Waals surface area contributed by atoms with E-state index in [2.05, 4.69) is 45.3 Å². The number of nitrogens with one attached hydrogen (secondary N) is 1. The maximum absolute atomic E-state index is 14.6. The number of aliphatic imine (C=N–C) groups is 8. The molecule has 0 radical (unpaired) electrons. The van der Waals surface area contributed by atoms with Gasteiger partial charge in [0.05, 0.1) is 6.54 Å². The van der Waals surface area contributed by atoms with Crippen LogP contribution in [0.4, 0.5) is 0 Å². The summed E-state index contributed by atoms with van der Waals surface area (Å²) >= 11 is 0. The van der Waals surface area contributed by atoms with Gasteiger partial charge in [-0.2, -0.15) is 0 Å². The molecule has 0 bridgehead atoms. The van der Waals surface area contributed by atoms with Gasteiger partial charge in [-0.05, 0) is 116 Å². The van der Waals surface area contributed by atoms with Gasteiger partial charge in [-0.3, -0.25) is 83.1 Å². The molecule has 0 aromatic heterocycles. The Morgan fingerprint density at radius 2 is 0.480 bits per heavy atom. The van der Waals surface area contributed by atoms with E-state index in [9.17, 15) is 47.9 Å². The fourth-order valence-corrected chi connectivity index (χ4v) is 11.5. The van der Waals surface area contributed by atoms with E-state index < -0.39 is 47.2 Å². The van der Waals surface area contributed by atoms with Crippen molar-refractivity contribution in [1.29, 1.82) is 0 Å². The number of carbonyl (C=O) groups excluding carboxylic acids is 10. The van der Waals surface area contributed by atoms with Crippen LogP contribution in [0.5, 0.6) is 0 Å². The van der Waals surface area contributed by atoms with Crippen LogP contribution in [0.25, 0.3) is 0 Å². The van der Waals surface area contributed by atoms with Gasteiger partial charge in [0.2, 0.25) is 5.91 Å². The summed E-state index contributed by atoms with van der Waals surface area (Å²) in [6.07, 6.45) is 5.46. The standard InChI is InChI=1S/C47H88N18O7.C20H39N7O3/c1-28(2)41(72)35(15-9-21-65-47(58)59)27-40(71)34(14-8-20-64-46(56)57)26-39(70)33(13-7-19-63-45(54)55)25-38(69)32(12-6-18-62-44(52)53)24-37(68)31(11-5-17-61-43(50)51)23-36(67)30(22-29(3)66)10-4-16-60-42(48)49;1-4-14(7-5-9-25-19(21)22)18(30)27-12-16(28)11-15(17(29)13(2)3)8-6-10-26-20(23)24/h28,30-35H,4-27H2,1-3H3,(H4,48,49,60)(H4,50,51,61)(H4,52,53,62)(H4,54,55,63)(H4,56,57,64)(H4,58,59,65);13-15H,4-12H2,1-3H3,(H,27,30)(H4,21,22,25)(H4,23,24,26). The molecule has 0 spiro atoms. The Morgan fingerprint density at radius 3 is 0.686 bits per heavy atom. The van der Waals surface area contributed by atoms with Gasteiger partial charge in [-0.1, -0.05) is 34.6 Å². The van der Waals surface area contributed by atoms with Gasteiger partial charge >= 0.3 is 0 Å². The number of rotatable bonds is 59. The first-order valence-electron chi connectivity index (χ1n) is 35.3. The second-order valence-corrected chi connectivity index (χ2v) is 26.4. The SMILES string of the molecule is CC(=O)CC(CCCN=C(N)N)C(=O)CC(CCCN=C(N)N)C(=O)CC(CCCN=C(N)N)C(=O)CC(CCCN=C(N)N)C(=O)CC(CCCN=C(N)N)C(=O)CC(CCCN=C(N)N)C(=O)C(C)C.CCC(CCCN=C(N)N)C(=O)NCC(=O)CC(CCCN=C(N)N)C(=O)C(C)C. The van der Waals surface area contributed by atoms with Gasteiger partial charge in [-0.25, -0.2) is 0 Å². The largest absolute Gasteiger partial charge is 0.370 e. The molecule has 0 aromatic carbocycles. The summed E-state index contributed by atoms with van der Waals surface area (Å²) in [6, 6.07) is 0. The van der Waals surface area contributed by atoms with E-state index in [1.165, 1.54) is 6.92 Å². The van der Waals surface area contributed by atoms with E-state index in [0.29, 0.717) is 96.6 Å². The number of hydrogen-bond donors (Lipinski definition) is 17. The van der Waals surface area contributed by atoms with Gasteiger partial charge in [-0.15, -0.1) is 0 Å². The first kappa shape index (κ1) is 94.7. The van der Waals surface area contributed by atoms with Crippen molar-refractivity contribution in [2.75, 3.05) is 58.9 Å².